The van der Waals surface area contributed by atoms with Gasteiger partial charge in [0.2, 0.25) is 0 Å². The third-order valence-corrected chi connectivity index (χ3v) is 11.3. The van der Waals surface area contributed by atoms with E-state index in [1.54, 1.807) is 48.9 Å². The summed E-state index contributed by atoms with van der Waals surface area (Å²) in [5.41, 5.74) is 2.45. The van der Waals surface area contributed by atoms with Crippen LogP contribution in [0.4, 0.5) is 0 Å². The molecule has 0 saturated carbocycles. The van der Waals surface area contributed by atoms with Gasteiger partial charge in [-0.25, -0.2) is 0 Å². The molecular weight excluding hydrogens is 887 g/mol. The van der Waals surface area contributed by atoms with Gasteiger partial charge < -0.3 is 35.6 Å². The van der Waals surface area contributed by atoms with Crippen LogP contribution in [-0.4, -0.2) is 98.1 Å². The van der Waals surface area contributed by atoms with Crippen molar-refractivity contribution in [1.29, 1.82) is 0 Å². The fraction of sp³-hybridized carbons (Fsp3) is 0.700. The molecule has 0 bridgehead atoms. The summed E-state index contributed by atoms with van der Waals surface area (Å²) >= 11 is 0. The van der Waals surface area contributed by atoms with Gasteiger partial charge in [-0.2, -0.15) is 0 Å². The number of likely N-dealkylation sites (N-methyl/N-ethyl adjacent to an activating group) is 3. The lowest BCUT2D eigenvalue weighted by Crippen LogP contribution is -2.36. The van der Waals surface area contributed by atoms with Crippen molar-refractivity contribution >= 4 is 21.6 Å². The summed E-state index contributed by atoms with van der Waals surface area (Å²) in [5, 5.41) is 12.2. The maximum Gasteiger partial charge on any atom is 0.178 e. The van der Waals surface area contributed by atoms with Crippen molar-refractivity contribution in [1.82, 2.24) is 26.2 Å². The van der Waals surface area contributed by atoms with E-state index < -0.39 is 0 Å². The predicted molar refractivity (Wildman–Crippen MR) is 328 cm³/mol. The Labute approximate surface area is 443 Å². The summed E-state index contributed by atoms with van der Waals surface area (Å²) in [6, 6.07) is 11.7. The smallest absolute Gasteiger partial charge is 0.178 e. The third kappa shape index (κ3) is 80.0. The first-order valence-corrected chi connectivity index (χ1v) is 29.0. The molecule has 7 nitrogen and oxygen atoms in total. The molecule has 1 saturated heterocycles. The van der Waals surface area contributed by atoms with Crippen molar-refractivity contribution < 1.29 is 9.47 Å². The summed E-state index contributed by atoms with van der Waals surface area (Å²) < 4.78 is 9.40. The molecule has 4 atom stereocenters. The Morgan fingerprint density at radius 1 is 0.826 bits per heavy atom. The second-order valence-corrected chi connectivity index (χ2v) is 20.2. The number of hydrogen-bond donors (Lipinski definition) is 4. The lowest BCUT2D eigenvalue weighted by molar-refractivity contribution is 0.215. The SMILES string of the molecule is C=C(NC)C(NC)C(C)C.C=C(NC)OCCSSC.C=CC.C=CCC(C)C.C=CCC(CC)CC(C)CC.C=CCCC1CCCN1C.CCC.CCC.CNCCc1ccccc1.COC. The molecule has 0 radical (unpaired) electrons. The molecule has 1 heterocycles. The van der Waals surface area contributed by atoms with E-state index in [0.717, 1.165) is 61.2 Å². The average molecular weight is 1010 g/mol. The van der Waals surface area contributed by atoms with Crippen LogP contribution < -0.4 is 21.3 Å². The van der Waals surface area contributed by atoms with E-state index in [0.29, 0.717) is 17.8 Å². The highest BCUT2D eigenvalue weighted by atomic mass is 33.1. The van der Waals surface area contributed by atoms with Crippen LogP contribution in [0, 0.1) is 23.7 Å². The Hall–Kier alpha value is -2.40. The number of nitrogens with zero attached hydrogens (tertiary/aromatic N) is 1. The molecule has 1 aromatic carbocycles. The predicted octanol–water partition coefficient (Wildman–Crippen LogP) is 16.7. The largest absolute Gasteiger partial charge is 0.479 e. The van der Waals surface area contributed by atoms with Crippen molar-refractivity contribution in [2.75, 3.05) is 81.2 Å². The van der Waals surface area contributed by atoms with Crippen LogP contribution in [0.1, 0.15) is 159 Å². The number of methoxy groups -OCH3 is 1. The topological polar surface area (TPSA) is 69.8 Å². The van der Waals surface area contributed by atoms with Crippen LogP contribution in [0.5, 0.6) is 0 Å². The van der Waals surface area contributed by atoms with Crippen LogP contribution in [0.25, 0.3) is 0 Å². The summed E-state index contributed by atoms with van der Waals surface area (Å²) in [5.74, 6) is 4.78. The van der Waals surface area contributed by atoms with Crippen LogP contribution in [0.2, 0.25) is 0 Å². The lowest BCUT2D eigenvalue weighted by Gasteiger charge is -2.22. The van der Waals surface area contributed by atoms with Gasteiger partial charge in [0.25, 0.3) is 0 Å². The molecule has 4 unspecified atom stereocenters. The molecule has 0 aromatic heterocycles. The van der Waals surface area contributed by atoms with Crippen LogP contribution in [0.3, 0.4) is 0 Å². The normalized spacial score (nSPS) is 12.9. The van der Waals surface area contributed by atoms with Gasteiger partial charge in [0.15, 0.2) is 5.88 Å². The molecule has 0 amide bonds. The standard InChI is InChI=1S/C11H22.C9H13N.C9H17N.C8H18N2.C6H13NOS2.C6H12.2C3H8.C3H6.C2H6O/c1-5-8-11(7-3)9-10(4)6-2;1-10-8-7-9-5-3-2-4-6-9;1-3-4-6-9-7-5-8-10(9)2;1-6(2)8(10-5)7(3)9-4;1-6(7-2)8-4-5-10-9-3;1-4-5-6(2)3;4*1-3-2/h5,10-11H,1,6-9H2,2-4H3;2-6,10H,7-8H2,1H3;3,9H,1,4-8H2,2H3;6,8-10H,3H2,1-2,4-5H3;7H,1,4-5H2,2-3H3;4,6H,1,5H2,2-3H3;2*3H2,1-2H3;3H,1H2,2H3;1-2H3. The first kappa shape index (κ1) is 83.5. The second-order valence-electron chi connectivity index (χ2n) is 17.5. The number of rotatable bonds is 24. The summed E-state index contributed by atoms with van der Waals surface area (Å²) in [7, 11) is 16.6. The van der Waals surface area contributed by atoms with E-state index in [1.165, 1.54) is 76.3 Å². The first-order valence-electron chi connectivity index (χ1n) is 26.3. The summed E-state index contributed by atoms with van der Waals surface area (Å²) in [6.07, 6.45) is 25.0. The van der Waals surface area contributed by atoms with E-state index in [-0.39, 0.29) is 0 Å². The van der Waals surface area contributed by atoms with E-state index >= 15 is 0 Å². The Balaban J connectivity index is -0.000000103. The molecule has 9 heteroatoms. The number of nitrogens with one attached hydrogen (secondary N) is 4. The third-order valence-electron chi connectivity index (χ3n) is 9.54. The fourth-order valence-electron chi connectivity index (χ4n) is 5.72. The van der Waals surface area contributed by atoms with E-state index in [1.807, 2.05) is 46.3 Å². The number of hydrogen-bond acceptors (Lipinski definition) is 9. The Bertz CT molecular complexity index is 1130. The Morgan fingerprint density at radius 2 is 1.35 bits per heavy atom. The minimum atomic E-state index is 0.380. The van der Waals surface area contributed by atoms with Crippen molar-refractivity contribution in [3.63, 3.8) is 0 Å². The zero-order valence-corrected chi connectivity index (χ0v) is 51.4. The minimum Gasteiger partial charge on any atom is -0.479 e. The average Bonchev–Trinajstić information content (AvgIpc) is 3.75. The zero-order chi connectivity index (χ0) is 55.1. The number of likely N-dealkylation sites (tertiary alicyclic amines) is 1. The number of benzene rings is 1. The van der Waals surface area contributed by atoms with Gasteiger partial charge in [-0.1, -0.05) is 185 Å². The monoisotopic (exact) mass is 1010 g/mol. The zero-order valence-electron chi connectivity index (χ0n) is 49.8. The minimum absolute atomic E-state index is 0.380. The van der Waals surface area contributed by atoms with E-state index in [4.69, 9.17) is 4.74 Å². The van der Waals surface area contributed by atoms with E-state index in [2.05, 4.69) is 190 Å². The van der Waals surface area contributed by atoms with Gasteiger partial charge in [0.1, 0.15) is 0 Å². The Kier molecular flexibility index (Phi) is 90.2. The fourth-order valence-corrected chi connectivity index (χ4v) is 6.74. The summed E-state index contributed by atoms with van der Waals surface area (Å²) in [4.78, 5) is 2.46. The molecule has 1 aromatic rings. The van der Waals surface area contributed by atoms with Crippen LogP contribution in [-0.2, 0) is 15.9 Å². The molecule has 412 valence electrons. The highest BCUT2D eigenvalue weighted by Crippen LogP contribution is 2.21. The molecule has 4 N–H and O–H groups in total. The highest BCUT2D eigenvalue weighted by Gasteiger charge is 2.19. The quantitative estimate of drug-likeness (QED) is 0.0351. The number of ether oxygens (including phenoxy) is 2. The van der Waals surface area contributed by atoms with Gasteiger partial charge in [0, 0.05) is 51.8 Å². The molecule has 1 aliphatic heterocycles. The van der Waals surface area contributed by atoms with Crippen molar-refractivity contribution in [2.24, 2.45) is 23.7 Å². The molecular formula is C60H123N5O2S2. The first-order chi connectivity index (χ1) is 32.9. The van der Waals surface area contributed by atoms with Gasteiger partial charge in [-0.3, -0.25) is 0 Å². The van der Waals surface area contributed by atoms with Gasteiger partial charge in [0.05, 0.1) is 6.61 Å². The maximum absolute atomic E-state index is 5.15. The summed E-state index contributed by atoms with van der Waals surface area (Å²) in [6.45, 7) is 51.0. The molecule has 0 spiro atoms. The maximum atomic E-state index is 5.15. The van der Waals surface area contributed by atoms with Gasteiger partial charge in [-0.05, 0) is 135 Å². The van der Waals surface area contributed by atoms with Crippen LogP contribution >= 0.6 is 21.6 Å². The van der Waals surface area contributed by atoms with Gasteiger partial charge in [-0.15, -0.1) is 26.3 Å². The molecule has 0 aliphatic carbocycles. The van der Waals surface area contributed by atoms with Gasteiger partial charge >= 0.3 is 0 Å². The highest BCUT2D eigenvalue weighted by molar-refractivity contribution is 8.76. The lowest BCUT2D eigenvalue weighted by atomic mass is 9.90. The second kappa shape index (κ2) is 74.5. The molecule has 1 fully saturated rings. The van der Waals surface area contributed by atoms with Crippen LogP contribution in [0.15, 0.2) is 106 Å². The van der Waals surface area contributed by atoms with Crippen molar-refractivity contribution in [3.05, 3.63) is 111 Å². The Morgan fingerprint density at radius 3 is 1.65 bits per heavy atom. The van der Waals surface area contributed by atoms with E-state index in [9.17, 15) is 0 Å². The van der Waals surface area contributed by atoms with Crippen molar-refractivity contribution in [3.8, 4) is 0 Å². The van der Waals surface area contributed by atoms with Crippen molar-refractivity contribution in [2.45, 2.75) is 172 Å². The molecule has 2 rings (SSSR count). The molecule has 1 aliphatic rings. The number of allylic oxidation sites excluding steroid dienone is 4. The molecule has 69 heavy (non-hydrogen) atoms.